The molecule has 0 aromatic heterocycles. The van der Waals surface area contributed by atoms with E-state index in [2.05, 4.69) is 4.18 Å². The van der Waals surface area contributed by atoms with E-state index >= 15 is 0 Å². The zero-order valence-electron chi connectivity index (χ0n) is 6.72. The van der Waals surface area contributed by atoms with Gasteiger partial charge in [-0.1, -0.05) is 0 Å². The van der Waals surface area contributed by atoms with Gasteiger partial charge in [-0.3, -0.25) is 13.0 Å². The SMILES string of the molecule is O=S(=O)(OCC(CF)CF)C(F)(F)F. The van der Waals surface area contributed by atoms with Crippen molar-refractivity contribution in [3.63, 3.8) is 0 Å². The highest BCUT2D eigenvalue weighted by Crippen LogP contribution is 2.25. The Labute approximate surface area is 77.0 Å². The van der Waals surface area contributed by atoms with Crippen LogP contribution in [0.2, 0.25) is 0 Å². The Morgan fingerprint density at radius 3 is 1.86 bits per heavy atom. The van der Waals surface area contributed by atoms with Gasteiger partial charge in [0, 0.05) is 5.92 Å². The van der Waals surface area contributed by atoms with Crippen molar-refractivity contribution in [1.29, 1.82) is 0 Å². The van der Waals surface area contributed by atoms with Gasteiger partial charge in [0.2, 0.25) is 0 Å². The third-order valence-electron chi connectivity index (χ3n) is 1.18. The van der Waals surface area contributed by atoms with E-state index in [1.807, 2.05) is 0 Å². The van der Waals surface area contributed by atoms with Crippen molar-refractivity contribution in [3.8, 4) is 0 Å². The lowest BCUT2D eigenvalue weighted by Gasteiger charge is -2.11. The van der Waals surface area contributed by atoms with Gasteiger partial charge < -0.3 is 0 Å². The molecule has 9 heteroatoms. The molecule has 0 saturated heterocycles. The summed E-state index contributed by atoms with van der Waals surface area (Å²) in [6.07, 6.45) is 0. The zero-order valence-corrected chi connectivity index (χ0v) is 7.54. The summed E-state index contributed by atoms with van der Waals surface area (Å²) < 4.78 is 82.0. The van der Waals surface area contributed by atoms with Crippen LogP contribution < -0.4 is 0 Å². The van der Waals surface area contributed by atoms with Gasteiger partial charge in [0.25, 0.3) is 0 Å². The third kappa shape index (κ3) is 3.74. The first-order valence-corrected chi connectivity index (χ1v) is 4.73. The molecule has 3 nitrogen and oxygen atoms in total. The Morgan fingerprint density at radius 2 is 1.57 bits per heavy atom. The van der Waals surface area contributed by atoms with Gasteiger partial charge in [0.15, 0.2) is 0 Å². The fourth-order valence-corrected chi connectivity index (χ4v) is 0.888. The molecule has 0 aromatic rings. The van der Waals surface area contributed by atoms with Crippen LogP contribution >= 0.6 is 0 Å². The second kappa shape index (κ2) is 4.87. The van der Waals surface area contributed by atoms with Gasteiger partial charge in [-0.15, -0.1) is 0 Å². The Bertz CT molecular complexity index is 255. The van der Waals surface area contributed by atoms with Crippen molar-refractivity contribution >= 4 is 10.1 Å². The number of halogens is 5. The van der Waals surface area contributed by atoms with E-state index in [-0.39, 0.29) is 0 Å². The standard InChI is InChI=1S/C5H7F5O3S/c6-1-4(2-7)3-13-14(11,12)5(8,9)10/h4H,1-3H2. The summed E-state index contributed by atoms with van der Waals surface area (Å²) in [6.45, 7) is -3.73. The average molecular weight is 242 g/mol. The minimum atomic E-state index is -5.75. The van der Waals surface area contributed by atoms with Crippen LogP contribution in [-0.2, 0) is 14.3 Å². The molecule has 0 aliphatic carbocycles. The topological polar surface area (TPSA) is 43.4 Å². The van der Waals surface area contributed by atoms with Crippen molar-refractivity contribution in [2.24, 2.45) is 5.92 Å². The van der Waals surface area contributed by atoms with Crippen molar-refractivity contribution in [3.05, 3.63) is 0 Å². The molecular formula is C5H7F5O3S. The van der Waals surface area contributed by atoms with Gasteiger partial charge in [0.05, 0.1) is 20.0 Å². The fraction of sp³-hybridized carbons (Fsp3) is 1.00. The Kier molecular flexibility index (Phi) is 4.72. The summed E-state index contributed by atoms with van der Waals surface area (Å²) in [5.41, 5.74) is -5.57. The van der Waals surface area contributed by atoms with Gasteiger partial charge in [-0.25, -0.2) is 0 Å². The molecule has 0 fully saturated rings. The van der Waals surface area contributed by atoms with Crippen LogP contribution in [0, 0.1) is 5.92 Å². The van der Waals surface area contributed by atoms with Crippen molar-refractivity contribution in [1.82, 2.24) is 0 Å². The van der Waals surface area contributed by atoms with E-state index in [0.717, 1.165) is 0 Å². The lowest BCUT2D eigenvalue weighted by molar-refractivity contribution is -0.0554. The van der Waals surface area contributed by atoms with Crippen LogP contribution in [0.4, 0.5) is 22.0 Å². The molecule has 0 unspecified atom stereocenters. The molecule has 0 N–H and O–H groups in total. The summed E-state index contributed by atoms with van der Waals surface area (Å²) in [6, 6.07) is 0. The van der Waals surface area contributed by atoms with Gasteiger partial charge in [-0.2, -0.15) is 21.6 Å². The first-order chi connectivity index (χ1) is 6.24. The molecule has 0 aliphatic rings. The molecule has 14 heavy (non-hydrogen) atoms. The number of rotatable bonds is 5. The second-order valence-electron chi connectivity index (χ2n) is 2.36. The van der Waals surface area contributed by atoms with Gasteiger partial charge in [0.1, 0.15) is 0 Å². The van der Waals surface area contributed by atoms with Crippen molar-refractivity contribution in [2.45, 2.75) is 5.51 Å². The maximum Gasteiger partial charge on any atom is 0.523 e. The summed E-state index contributed by atoms with van der Waals surface area (Å²) in [4.78, 5) is 0. The summed E-state index contributed by atoms with van der Waals surface area (Å²) in [5.74, 6) is -1.49. The molecule has 0 heterocycles. The third-order valence-corrected chi connectivity index (χ3v) is 2.19. The molecule has 0 amide bonds. The predicted molar refractivity (Wildman–Crippen MR) is 36.4 cm³/mol. The van der Waals surface area contributed by atoms with Crippen molar-refractivity contribution < 1.29 is 34.6 Å². The van der Waals surface area contributed by atoms with Crippen LogP contribution in [0.15, 0.2) is 0 Å². The van der Waals surface area contributed by atoms with E-state index in [9.17, 15) is 30.4 Å². The van der Waals surface area contributed by atoms with Crippen LogP contribution in [0.5, 0.6) is 0 Å². The number of hydrogen-bond donors (Lipinski definition) is 0. The Hall–Kier alpha value is -0.440. The molecule has 0 atom stereocenters. The maximum atomic E-state index is 11.7. The van der Waals surface area contributed by atoms with E-state index in [0.29, 0.717) is 0 Å². The smallest absolute Gasteiger partial charge is 0.263 e. The molecule has 0 aliphatic heterocycles. The molecule has 0 radical (unpaired) electrons. The monoisotopic (exact) mass is 242 g/mol. The summed E-state index contributed by atoms with van der Waals surface area (Å²) >= 11 is 0. The van der Waals surface area contributed by atoms with Gasteiger partial charge in [-0.05, 0) is 0 Å². The zero-order chi connectivity index (χ0) is 11.4. The quantitative estimate of drug-likeness (QED) is 0.416. The maximum absolute atomic E-state index is 11.7. The molecule has 0 saturated carbocycles. The molecule has 0 aromatic carbocycles. The minimum absolute atomic E-state index is 1.16. The highest BCUT2D eigenvalue weighted by atomic mass is 32.2. The highest BCUT2D eigenvalue weighted by Gasteiger charge is 2.47. The summed E-state index contributed by atoms with van der Waals surface area (Å²) in [5, 5.41) is 0. The lowest BCUT2D eigenvalue weighted by atomic mass is 10.2. The largest absolute Gasteiger partial charge is 0.523 e. The normalized spacial score (nSPS) is 13.6. The molecular weight excluding hydrogens is 235 g/mol. The van der Waals surface area contributed by atoms with Crippen LogP contribution in [-0.4, -0.2) is 33.9 Å². The molecule has 0 rings (SSSR count). The Balaban J connectivity index is 4.27. The average Bonchev–Trinajstić information content (AvgIpc) is 2.04. The van der Waals surface area contributed by atoms with E-state index in [1.165, 1.54) is 0 Å². The molecule has 0 bridgehead atoms. The summed E-state index contributed by atoms with van der Waals surface area (Å²) in [7, 11) is -5.75. The van der Waals surface area contributed by atoms with Crippen molar-refractivity contribution in [2.75, 3.05) is 20.0 Å². The second-order valence-corrected chi connectivity index (χ2v) is 3.97. The highest BCUT2D eigenvalue weighted by molar-refractivity contribution is 7.87. The Morgan fingerprint density at radius 1 is 1.14 bits per heavy atom. The number of hydrogen-bond acceptors (Lipinski definition) is 3. The molecule has 0 spiro atoms. The van der Waals surface area contributed by atoms with E-state index < -0.39 is 41.5 Å². The molecule has 86 valence electrons. The van der Waals surface area contributed by atoms with E-state index in [1.54, 1.807) is 0 Å². The van der Waals surface area contributed by atoms with Crippen LogP contribution in [0.25, 0.3) is 0 Å². The fourth-order valence-electron chi connectivity index (χ4n) is 0.383. The first kappa shape index (κ1) is 13.6. The lowest BCUT2D eigenvalue weighted by Crippen LogP contribution is -2.28. The van der Waals surface area contributed by atoms with E-state index in [4.69, 9.17) is 0 Å². The van der Waals surface area contributed by atoms with Gasteiger partial charge >= 0.3 is 15.6 Å². The van der Waals surface area contributed by atoms with Crippen LogP contribution in [0.1, 0.15) is 0 Å². The first-order valence-electron chi connectivity index (χ1n) is 3.32. The minimum Gasteiger partial charge on any atom is -0.263 e. The van der Waals surface area contributed by atoms with Crippen LogP contribution in [0.3, 0.4) is 0 Å². The predicted octanol–water partition coefficient (Wildman–Crippen LogP) is 1.41. The number of alkyl halides is 5.